The summed E-state index contributed by atoms with van der Waals surface area (Å²) in [7, 11) is 0. The zero-order valence-electron chi connectivity index (χ0n) is 15.5. The first kappa shape index (κ1) is 16.6. The maximum Gasteiger partial charge on any atom is 0.177 e. The van der Waals surface area contributed by atoms with Gasteiger partial charge in [-0.3, -0.25) is 0 Å². The van der Waals surface area contributed by atoms with Crippen LogP contribution in [0.15, 0.2) is 42.7 Å². The van der Waals surface area contributed by atoms with Gasteiger partial charge in [-0.25, -0.2) is 14.5 Å². The highest BCUT2D eigenvalue weighted by Crippen LogP contribution is 2.27. The van der Waals surface area contributed by atoms with E-state index >= 15 is 0 Å². The van der Waals surface area contributed by atoms with Gasteiger partial charge in [-0.15, -0.1) is 0 Å². The van der Waals surface area contributed by atoms with E-state index in [4.69, 9.17) is 4.98 Å². The molecule has 26 heavy (non-hydrogen) atoms. The Bertz CT molecular complexity index is 958. The Kier molecular flexibility index (Phi) is 4.32. The normalized spacial score (nSPS) is 17.9. The van der Waals surface area contributed by atoms with Crippen LogP contribution < -0.4 is 10.2 Å². The molecule has 4 heterocycles. The maximum atomic E-state index is 4.83. The van der Waals surface area contributed by atoms with Crippen LogP contribution in [0.5, 0.6) is 0 Å². The van der Waals surface area contributed by atoms with E-state index in [-0.39, 0.29) is 0 Å². The number of allylic oxidation sites excluding steroid dienone is 2. The Labute approximate surface area is 153 Å². The zero-order chi connectivity index (χ0) is 18.1. The summed E-state index contributed by atoms with van der Waals surface area (Å²) in [5.41, 5.74) is 3.74. The number of imidazole rings is 1. The van der Waals surface area contributed by atoms with Gasteiger partial charge in [0, 0.05) is 25.0 Å². The summed E-state index contributed by atoms with van der Waals surface area (Å²) in [5.74, 6) is 1.85. The van der Waals surface area contributed by atoms with Gasteiger partial charge in [0.2, 0.25) is 0 Å². The fraction of sp³-hybridized carbons (Fsp3) is 0.350. The first-order chi connectivity index (χ1) is 12.7. The summed E-state index contributed by atoms with van der Waals surface area (Å²) >= 11 is 0. The van der Waals surface area contributed by atoms with E-state index in [0.29, 0.717) is 6.04 Å². The summed E-state index contributed by atoms with van der Waals surface area (Å²) in [6.45, 7) is 7.41. The van der Waals surface area contributed by atoms with Crippen molar-refractivity contribution in [3.05, 3.63) is 48.4 Å². The molecular weight excluding hydrogens is 324 g/mol. The Balaban J connectivity index is 1.70. The van der Waals surface area contributed by atoms with Crippen molar-refractivity contribution in [1.29, 1.82) is 0 Å². The number of hydrogen-bond donors (Lipinski definition) is 1. The number of hydrogen-bond acceptors (Lipinski definition) is 5. The van der Waals surface area contributed by atoms with E-state index < -0.39 is 0 Å². The molecular formula is C20H24N6. The van der Waals surface area contributed by atoms with Crippen molar-refractivity contribution in [2.24, 2.45) is 0 Å². The summed E-state index contributed by atoms with van der Waals surface area (Å²) in [6, 6.07) is 8.70. The largest absolute Gasteiger partial charge is 0.354 e. The molecule has 0 bridgehead atoms. The minimum atomic E-state index is 0.543. The van der Waals surface area contributed by atoms with Gasteiger partial charge in [-0.1, -0.05) is 12.1 Å². The molecule has 1 aliphatic rings. The standard InChI is InChI=1S/C20H24N6/c1-4-14(2)16-13-17(20-21-10-12-26(20)24-16)22-18-8-5-9-19(23-18)25-11-6-7-15(25)3/h4-5,8-10,12-13,15H,6-7,11H2,1-3H3,(H,22,23). The average molecular weight is 348 g/mol. The second kappa shape index (κ2) is 6.78. The molecule has 1 unspecified atom stereocenters. The lowest BCUT2D eigenvalue weighted by molar-refractivity contribution is 0.727. The fourth-order valence-electron chi connectivity index (χ4n) is 3.41. The van der Waals surface area contributed by atoms with Gasteiger partial charge < -0.3 is 10.2 Å². The monoisotopic (exact) mass is 348 g/mol. The van der Waals surface area contributed by atoms with Crippen LogP contribution in [0, 0.1) is 0 Å². The molecule has 3 aromatic heterocycles. The lowest BCUT2D eigenvalue weighted by atomic mass is 10.2. The van der Waals surface area contributed by atoms with E-state index in [1.165, 1.54) is 12.8 Å². The zero-order valence-corrected chi connectivity index (χ0v) is 15.5. The summed E-state index contributed by atoms with van der Waals surface area (Å²) < 4.78 is 1.80. The second-order valence-electron chi connectivity index (χ2n) is 6.80. The van der Waals surface area contributed by atoms with Crippen molar-refractivity contribution in [1.82, 2.24) is 19.6 Å². The van der Waals surface area contributed by atoms with Gasteiger partial charge in [0.15, 0.2) is 5.65 Å². The molecule has 0 spiro atoms. The SMILES string of the molecule is CC=C(C)c1cc(Nc2cccc(N3CCCC3C)n2)c2nccn2n1. The van der Waals surface area contributed by atoms with E-state index in [1.807, 2.05) is 25.3 Å². The molecule has 6 nitrogen and oxygen atoms in total. The van der Waals surface area contributed by atoms with Crippen molar-refractivity contribution < 1.29 is 0 Å². The predicted octanol–water partition coefficient (Wildman–Crippen LogP) is 4.28. The quantitative estimate of drug-likeness (QED) is 0.762. The molecule has 1 N–H and O–H groups in total. The van der Waals surface area contributed by atoms with Crippen LogP contribution in [0.3, 0.4) is 0 Å². The van der Waals surface area contributed by atoms with E-state index in [0.717, 1.165) is 40.8 Å². The minimum absolute atomic E-state index is 0.543. The molecule has 3 aromatic rings. The van der Waals surface area contributed by atoms with Crippen LogP contribution in [-0.4, -0.2) is 32.2 Å². The number of pyridine rings is 1. The molecule has 0 aromatic carbocycles. The molecule has 1 saturated heterocycles. The third-order valence-electron chi connectivity index (χ3n) is 5.04. The summed E-state index contributed by atoms with van der Waals surface area (Å²) in [4.78, 5) is 11.6. The highest BCUT2D eigenvalue weighted by Gasteiger charge is 2.21. The Morgan fingerprint density at radius 3 is 3.00 bits per heavy atom. The van der Waals surface area contributed by atoms with Gasteiger partial charge in [0.05, 0.1) is 11.4 Å². The van der Waals surface area contributed by atoms with Crippen LogP contribution in [0.4, 0.5) is 17.3 Å². The summed E-state index contributed by atoms with van der Waals surface area (Å²) in [5, 5.41) is 8.06. The second-order valence-corrected chi connectivity index (χ2v) is 6.80. The fourth-order valence-corrected chi connectivity index (χ4v) is 3.41. The maximum absolute atomic E-state index is 4.83. The van der Waals surface area contributed by atoms with Crippen LogP contribution in [0.2, 0.25) is 0 Å². The molecule has 1 fully saturated rings. The van der Waals surface area contributed by atoms with Gasteiger partial charge in [-0.2, -0.15) is 5.10 Å². The molecule has 0 aliphatic carbocycles. The van der Waals surface area contributed by atoms with Crippen LogP contribution in [-0.2, 0) is 0 Å². The van der Waals surface area contributed by atoms with Crippen LogP contribution in [0.1, 0.15) is 39.3 Å². The molecule has 4 rings (SSSR count). The number of fused-ring (bicyclic) bond motifs is 1. The molecule has 0 amide bonds. The van der Waals surface area contributed by atoms with Gasteiger partial charge in [-0.05, 0) is 57.4 Å². The van der Waals surface area contributed by atoms with E-state index in [2.05, 4.69) is 52.4 Å². The highest BCUT2D eigenvalue weighted by atomic mass is 15.3. The van der Waals surface area contributed by atoms with Crippen molar-refractivity contribution in [2.45, 2.75) is 39.7 Å². The van der Waals surface area contributed by atoms with Crippen molar-refractivity contribution in [3.8, 4) is 0 Å². The smallest absolute Gasteiger partial charge is 0.177 e. The third kappa shape index (κ3) is 3.03. The van der Waals surface area contributed by atoms with Crippen LogP contribution >= 0.6 is 0 Å². The lowest BCUT2D eigenvalue weighted by Gasteiger charge is -2.23. The molecule has 1 atom stereocenters. The number of nitrogens with zero attached hydrogens (tertiary/aromatic N) is 5. The lowest BCUT2D eigenvalue weighted by Crippen LogP contribution is -2.27. The Morgan fingerprint density at radius 1 is 1.35 bits per heavy atom. The van der Waals surface area contributed by atoms with Crippen LogP contribution in [0.25, 0.3) is 11.2 Å². The van der Waals surface area contributed by atoms with E-state index in [9.17, 15) is 0 Å². The average Bonchev–Trinajstić information content (AvgIpc) is 3.30. The van der Waals surface area contributed by atoms with Crippen molar-refractivity contribution >= 4 is 28.5 Å². The third-order valence-corrected chi connectivity index (χ3v) is 5.04. The first-order valence-corrected chi connectivity index (χ1v) is 9.14. The van der Waals surface area contributed by atoms with Crippen molar-refractivity contribution in [3.63, 3.8) is 0 Å². The molecule has 6 heteroatoms. The number of nitrogens with one attached hydrogen (secondary N) is 1. The number of aromatic nitrogens is 4. The van der Waals surface area contributed by atoms with Crippen molar-refractivity contribution in [2.75, 3.05) is 16.8 Å². The number of rotatable bonds is 4. The topological polar surface area (TPSA) is 58.3 Å². The number of anilines is 3. The Morgan fingerprint density at radius 2 is 2.23 bits per heavy atom. The summed E-state index contributed by atoms with van der Waals surface area (Å²) in [6.07, 6.45) is 8.14. The van der Waals surface area contributed by atoms with Gasteiger partial charge >= 0.3 is 0 Å². The molecule has 134 valence electrons. The Hall–Kier alpha value is -2.89. The molecule has 1 aliphatic heterocycles. The predicted molar refractivity (Wildman–Crippen MR) is 106 cm³/mol. The molecule has 0 saturated carbocycles. The first-order valence-electron chi connectivity index (χ1n) is 9.14. The highest BCUT2D eigenvalue weighted by molar-refractivity contribution is 5.76. The van der Waals surface area contributed by atoms with E-state index in [1.54, 1.807) is 10.7 Å². The minimum Gasteiger partial charge on any atom is -0.354 e. The molecule has 0 radical (unpaired) electrons. The van der Waals surface area contributed by atoms with Gasteiger partial charge in [0.25, 0.3) is 0 Å². The van der Waals surface area contributed by atoms with Gasteiger partial charge in [0.1, 0.15) is 11.6 Å².